The molecule has 0 aliphatic carbocycles. The number of pyridine rings is 1. The molecule has 0 aliphatic rings. The minimum atomic E-state index is -0.143. The Labute approximate surface area is 108 Å². The lowest BCUT2D eigenvalue weighted by Gasteiger charge is -2.40. The molecule has 2 heterocycles. The molecule has 0 saturated heterocycles. The molecule has 0 aromatic carbocycles. The second-order valence-corrected chi connectivity index (χ2v) is 5.56. The first-order chi connectivity index (χ1) is 8.46. The summed E-state index contributed by atoms with van der Waals surface area (Å²) in [5.74, 6) is 0. The number of hydrogen-bond acceptors (Lipinski definition) is 3. The lowest BCUT2D eigenvalue weighted by atomic mass is 9.64. The fourth-order valence-corrected chi connectivity index (χ4v) is 1.99. The minimum absolute atomic E-state index is 0.121. The number of aromatic nitrogens is 3. The van der Waals surface area contributed by atoms with Gasteiger partial charge in [0, 0.05) is 41.3 Å². The van der Waals surface area contributed by atoms with E-state index in [1.165, 1.54) is 0 Å². The van der Waals surface area contributed by atoms with E-state index in [9.17, 15) is 0 Å². The molecule has 94 valence electrons. The first kappa shape index (κ1) is 12.7. The highest BCUT2D eigenvalue weighted by Crippen LogP contribution is 2.41. The van der Waals surface area contributed by atoms with Crippen LogP contribution in [-0.2, 0) is 10.8 Å². The van der Waals surface area contributed by atoms with Gasteiger partial charge in [-0.15, -0.1) is 0 Å². The molecule has 0 atom stereocenters. The van der Waals surface area contributed by atoms with Gasteiger partial charge in [0.2, 0.25) is 0 Å². The fourth-order valence-electron chi connectivity index (χ4n) is 1.99. The van der Waals surface area contributed by atoms with Crippen molar-refractivity contribution in [2.24, 2.45) is 0 Å². The minimum Gasteiger partial charge on any atom is -0.261 e. The Morgan fingerprint density at radius 2 is 1.44 bits per heavy atom. The Balaban J connectivity index is 2.47. The lowest BCUT2D eigenvalue weighted by Crippen LogP contribution is -2.41. The van der Waals surface area contributed by atoms with Gasteiger partial charge in [-0.05, 0) is 12.1 Å². The van der Waals surface area contributed by atoms with E-state index >= 15 is 0 Å². The van der Waals surface area contributed by atoms with E-state index < -0.39 is 0 Å². The summed E-state index contributed by atoms with van der Waals surface area (Å²) >= 11 is 0. The molecule has 0 unspecified atom stereocenters. The molecule has 0 saturated carbocycles. The molecular weight excluding hydrogens is 222 g/mol. The van der Waals surface area contributed by atoms with Crippen LogP contribution in [-0.4, -0.2) is 15.0 Å². The summed E-state index contributed by atoms with van der Waals surface area (Å²) in [6.07, 6.45) is 7.12. The maximum absolute atomic E-state index is 4.49. The molecule has 0 N–H and O–H groups in total. The Morgan fingerprint density at radius 3 is 2.00 bits per heavy atom. The second kappa shape index (κ2) is 4.48. The number of hydrogen-bond donors (Lipinski definition) is 0. The predicted molar refractivity (Wildman–Crippen MR) is 72.3 cm³/mol. The standard InChI is InChI=1S/C15H19N3/c1-14(2,12-7-5-6-8-17-12)15(3,4)13-11-16-9-10-18-13/h5-11H,1-4H3. The maximum atomic E-state index is 4.49. The van der Waals surface area contributed by atoms with Crippen LogP contribution in [0, 0.1) is 0 Å². The topological polar surface area (TPSA) is 38.7 Å². The molecule has 0 amide bonds. The van der Waals surface area contributed by atoms with Crippen LogP contribution in [0.4, 0.5) is 0 Å². The zero-order valence-corrected chi connectivity index (χ0v) is 11.4. The van der Waals surface area contributed by atoms with Crippen molar-refractivity contribution in [3.8, 4) is 0 Å². The Kier molecular flexibility index (Phi) is 3.16. The van der Waals surface area contributed by atoms with Gasteiger partial charge in [-0.3, -0.25) is 15.0 Å². The Morgan fingerprint density at radius 1 is 0.778 bits per heavy atom. The van der Waals surface area contributed by atoms with Crippen molar-refractivity contribution in [3.63, 3.8) is 0 Å². The summed E-state index contributed by atoms with van der Waals surface area (Å²) in [4.78, 5) is 13.1. The van der Waals surface area contributed by atoms with E-state index in [4.69, 9.17) is 0 Å². The molecule has 2 aromatic rings. The van der Waals surface area contributed by atoms with Gasteiger partial charge in [-0.1, -0.05) is 33.8 Å². The third kappa shape index (κ3) is 2.01. The zero-order chi connectivity index (χ0) is 13.2. The Bertz CT molecular complexity index is 454. The van der Waals surface area contributed by atoms with E-state index in [0.717, 1.165) is 11.4 Å². The van der Waals surface area contributed by atoms with Crippen LogP contribution in [0.3, 0.4) is 0 Å². The third-order valence-electron chi connectivity index (χ3n) is 4.07. The molecule has 0 radical (unpaired) electrons. The van der Waals surface area contributed by atoms with Gasteiger partial charge in [-0.2, -0.15) is 0 Å². The van der Waals surface area contributed by atoms with Crippen LogP contribution in [0.1, 0.15) is 39.1 Å². The SMILES string of the molecule is CC(C)(c1ccccn1)C(C)(C)c1cnccn1. The van der Waals surface area contributed by atoms with Crippen molar-refractivity contribution in [1.82, 2.24) is 15.0 Å². The monoisotopic (exact) mass is 241 g/mol. The van der Waals surface area contributed by atoms with Gasteiger partial charge in [0.05, 0.1) is 5.69 Å². The third-order valence-corrected chi connectivity index (χ3v) is 4.07. The first-order valence-electron chi connectivity index (χ1n) is 6.14. The summed E-state index contributed by atoms with van der Waals surface area (Å²) in [5.41, 5.74) is 1.79. The highest BCUT2D eigenvalue weighted by atomic mass is 14.8. The molecule has 3 nitrogen and oxygen atoms in total. The van der Waals surface area contributed by atoms with Gasteiger partial charge >= 0.3 is 0 Å². The average Bonchev–Trinajstić information content (AvgIpc) is 2.40. The van der Waals surface area contributed by atoms with Gasteiger partial charge in [-0.25, -0.2) is 0 Å². The van der Waals surface area contributed by atoms with Crippen molar-refractivity contribution in [1.29, 1.82) is 0 Å². The summed E-state index contributed by atoms with van der Waals surface area (Å²) in [5, 5.41) is 0. The highest BCUT2D eigenvalue weighted by molar-refractivity contribution is 5.27. The van der Waals surface area contributed by atoms with Crippen molar-refractivity contribution >= 4 is 0 Å². The maximum Gasteiger partial charge on any atom is 0.0652 e. The largest absolute Gasteiger partial charge is 0.261 e. The van der Waals surface area contributed by atoms with Crippen molar-refractivity contribution in [2.45, 2.75) is 38.5 Å². The summed E-state index contributed by atoms with van der Waals surface area (Å²) < 4.78 is 0. The smallest absolute Gasteiger partial charge is 0.0652 e. The molecule has 0 aliphatic heterocycles. The van der Waals surface area contributed by atoms with Crippen molar-refractivity contribution < 1.29 is 0 Å². The van der Waals surface area contributed by atoms with E-state index in [1.54, 1.807) is 12.4 Å². The first-order valence-corrected chi connectivity index (χ1v) is 6.14. The van der Waals surface area contributed by atoms with E-state index in [2.05, 4.69) is 48.7 Å². The molecule has 18 heavy (non-hydrogen) atoms. The molecule has 0 spiro atoms. The normalized spacial score (nSPS) is 12.4. The second-order valence-electron chi connectivity index (χ2n) is 5.56. The van der Waals surface area contributed by atoms with Gasteiger partial charge in [0.15, 0.2) is 0 Å². The van der Waals surface area contributed by atoms with E-state index in [0.29, 0.717) is 0 Å². The van der Waals surface area contributed by atoms with E-state index in [1.807, 2.05) is 24.5 Å². The summed E-state index contributed by atoms with van der Waals surface area (Å²) in [7, 11) is 0. The van der Waals surface area contributed by atoms with Crippen LogP contribution in [0.15, 0.2) is 43.0 Å². The number of nitrogens with zero attached hydrogens (tertiary/aromatic N) is 3. The molecule has 3 heteroatoms. The molecule has 2 rings (SSSR count). The van der Waals surface area contributed by atoms with Gasteiger partial charge in [0.1, 0.15) is 0 Å². The van der Waals surface area contributed by atoms with Gasteiger partial charge < -0.3 is 0 Å². The molecule has 0 bridgehead atoms. The Hall–Kier alpha value is -1.77. The molecule has 0 fully saturated rings. The van der Waals surface area contributed by atoms with Crippen LogP contribution in [0.5, 0.6) is 0 Å². The highest BCUT2D eigenvalue weighted by Gasteiger charge is 2.41. The summed E-state index contributed by atoms with van der Waals surface area (Å²) in [6.45, 7) is 8.77. The summed E-state index contributed by atoms with van der Waals surface area (Å²) in [6, 6.07) is 6.03. The van der Waals surface area contributed by atoms with Crippen LogP contribution >= 0.6 is 0 Å². The number of rotatable bonds is 3. The average molecular weight is 241 g/mol. The van der Waals surface area contributed by atoms with Crippen molar-refractivity contribution in [2.75, 3.05) is 0 Å². The molecule has 2 aromatic heterocycles. The molecular formula is C15H19N3. The zero-order valence-electron chi connectivity index (χ0n) is 11.4. The van der Waals surface area contributed by atoms with Crippen molar-refractivity contribution in [3.05, 3.63) is 54.4 Å². The quantitative estimate of drug-likeness (QED) is 0.828. The van der Waals surface area contributed by atoms with E-state index in [-0.39, 0.29) is 10.8 Å². The van der Waals surface area contributed by atoms with Gasteiger partial charge in [0.25, 0.3) is 0 Å². The van der Waals surface area contributed by atoms with Crippen LogP contribution in [0.2, 0.25) is 0 Å². The van der Waals surface area contributed by atoms with Crippen LogP contribution in [0.25, 0.3) is 0 Å². The van der Waals surface area contributed by atoms with Crippen LogP contribution < -0.4 is 0 Å². The fraction of sp³-hybridized carbons (Fsp3) is 0.400. The lowest BCUT2D eigenvalue weighted by molar-refractivity contribution is 0.287. The predicted octanol–water partition coefficient (Wildman–Crippen LogP) is 3.13.